The molecule has 2 amide bonds. The average Bonchev–Trinajstić information content (AvgIpc) is 2.59. The third kappa shape index (κ3) is 6.36. The number of amides is 2. The number of carbonyl (C=O) groups excluding carboxylic acids is 2. The summed E-state index contributed by atoms with van der Waals surface area (Å²) in [6, 6.07) is 3.25. The lowest BCUT2D eigenvalue weighted by Crippen LogP contribution is -2.56. The molecule has 0 radical (unpaired) electrons. The fourth-order valence-corrected chi connectivity index (χ4v) is 2.32. The maximum absolute atomic E-state index is 12.6. The van der Waals surface area contributed by atoms with Gasteiger partial charge in [0.15, 0.2) is 0 Å². The van der Waals surface area contributed by atoms with E-state index in [0.717, 1.165) is 0 Å². The van der Waals surface area contributed by atoms with Gasteiger partial charge in [-0.05, 0) is 30.5 Å². The topological polar surface area (TPSA) is 142 Å². The van der Waals surface area contributed by atoms with Crippen LogP contribution in [0.2, 0.25) is 0 Å². The number of aliphatic carboxylic acids is 1. The van der Waals surface area contributed by atoms with Crippen molar-refractivity contribution in [3.8, 4) is 5.75 Å². The van der Waals surface area contributed by atoms with Crippen molar-refractivity contribution in [2.24, 2.45) is 11.7 Å². The molecule has 0 heterocycles. The molecule has 8 nitrogen and oxygen atoms in total. The SMILES string of the molecule is CC[C@H](C)[C@H](NC(=O)[C@H](C)N)C(=O)N[C@@H](Cc1ccc(O)cc1)C(=O)O. The van der Waals surface area contributed by atoms with Gasteiger partial charge in [-0.2, -0.15) is 0 Å². The minimum Gasteiger partial charge on any atom is -0.508 e. The number of aromatic hydroxyl groups is 1. The molecule has 0 aromatic heterocycles. The number of carbonyl (C=O) groups is 3. The van der Waals surface area contributed by atoms with Crippen LogP contribution in [0.25, 0.3) is 0 Å². The Balaban J connectivity index is 2.88. The number of hydrogen-bond donors (Lipinski definition) is 5. The second-order valence-electron chi connectivity index (χ2n) is 6.43. The molecule has 0 spiro atoms. The number of benzene rings is 1. The Bertz CT molecular complexity index is 630. The van der Waals surface area contributed by atoms with Crippen molar-refractivity contribution >= 4 is 17.8 Å². The zero-order chi connectivity index (χ0) is 19.9. The summed E-state index contributed by atoms with van der Waals surface area (Å²) in [6.45, 7) is 5.17. The van der Waals surface area contributed by atoms with Crippen molar-refractivity contribution in [3.63, 3.8) is 0 Å². The highest BCUT2D eigenvalue weighted by molar-refractivity contribution is 5.91. The van der Waals surface area contributed by atoms with Gasteiger partial charge in [-0.15, -0.1) is 0 Å². The van der Waals surface area contributed by atoms with E-state index in [4.69, 9.17) is 5.73 Å². The van der Waals surface area contributed by atoms with Crippen LogP contribution in [0.3, 0.4) is 0 Å². The van der Waals surface area contributed by atoms with Gasteiger partial charge in [-0.25, -0.2) is 4.79 Å². The number of carboxylic acids is 1. The van der Waals surface area contributed by atoms with Crippen LogP contribution in [0.5, 0.6) is 5.75 Å². The predicted molar refractivity (Wildman–Crippen MR) is 96.4 cm³/mol. The molecular weight excluding hydrogens is 338 g/mol. The molecule has 0 aliphatic rings. The number of phenolic OH excluding ortho intramolecular Hbond substituents is 1. The number of rotatable bonds is 9. The molecule has 0 saturated heterocycles. The van der Waals surface area contributed by atoms with Crippen LogP contribution >= 0.6 is 0 Å². The molecule has 1 aromatic rings. The predicted octanol–water partition coefficient (Wildman–Crippen LogP) is 0.382. The Kier molecular flexibility index (Phi) is 8.05. The van der Waals surface area contributed by atoms with Gasteiger partial charge in [0.2, 0.25) is 11.8 Å². The van der Waals surface area contributed by atoms with Crippen molar-refractivity contribution in [3.05, 3.63) is 29.8 Å². The smallest absolute Gasteiger partial charge is 0.326 e. The first-order valence-corrected chi connectivity index (χ1v) is 8.52. The molecule has 0 unspecified atom stereocenters. The zero-order valence-corrected chi connectivity index (χ0v) is 15.2. The first-order chi connectivity index (χ1) is 12.1. The van der Waals surface area contributed by atoms with Gasteiger partial charge >= 0.3 is 5.97 Å². The number of phenols is 1. The van der Waals surface area contributed by atoms with Gasteiger partial charge in [0.25, 0.3) is 0 Å². The highest BCUT2D eigenvalue weighted by atomic mass is 16.4. The van der Waals surface area contributed by atoms with E-state index in [2.05, 4.69) is 10.6 Å². The van der Waals surface area contributed by atoms with Crippen LogP contribution in [0.15, 0.2) is 24.3 Å². The second kappa shape index (κ2) is 9.76. The third-order valence-electron chi connectivity index (χ3n) is 4.20. The molecular formula is C18H27N3O5. The fraction of sp³-hybridized carbons (Fsp3) is 0.500. The molecule has 0 aliphatic heterocycles. The molecule has 144 valence electrons. The first kappa shape index (κ1) is 21.4. The number of nitrogens with two attached hydrogens (primary N) is 1. The van der Waals surface area contributed by atoms with E-state index in [-0.39, 0.29) is 18.1 Å². The van der Waals surface area contributed by atoms with Crippen LogP contribution in [0.4, 0.5) is 0 Å². The van der Waals surface area contributed by atoms with Gasteiger partial charge in [0.05, 0.1) is 6.04 Å². The Hall–Kier alpha value is -2.61. The van der Waals surface area contributed by atoms with Crippen molar-refractivity contribution in [1.82, 2.24) is 10.6 Å². The Morgan fingerprint density at radius 1 is 1.08 bits per heavy atom. The molecule has 0 aliphatic carbocycles. The Morgan fingerprint density at radius 3 is 2.12 bits per heavy atom. The largest absolute Gasteiger partial charge is 0.508 e. The van der Waals surface area contributed by atoms with E-state index in [1.54, 1.807) is 19.1 Å². The van der Waals surface area contributed by atoms with Gasteiger partial charge in [0.1, 0.15) is 17.8 Å². The van der Waals surface area contributed by atoms with E-state index in [0.29, 0.717) is 12.0 Å². The molecule has 0 bridgehead atoms. The highest BCUT2D eigenvalue weighted by Crippen LogP contribution is 2.13. The molecule has 8 heteroatoms. The van der Waals surface area contributed by atoms with Crippen LogP contribution in [-0.4, -0.2) is 46.1 Å². The van der Waals surface area contributed by atoms with Crippen LogP contribution in [0, 0.1) is 5.92 Å². The van der Waals surface area contributed by atoms with E-state index in [9.17, 15) is 24.6 Å². The van der Waals surface area contributed by atoms with E-state index in [1.165, 1.54) is 19.1 Å². The number of nitrogens with one attached hydrogen (secondary N) is 2. The number of hydrogen-bond acceptors (Lipinski definition) is 5. The van der Waals surface area contributed by atoms with Crippen molar-refractivity contribution in [2.75, 3.05) is 0 Å². The summed E-state index contributed by atoms with van der Waals surface area (Å²) < 4.78 is 0. The maximum atomic E-state index is 12.6. The van der Waals surface area contributed by atoms with E-state index in [1.807, 2.05) is 6.92 Å². The minimum atomic E-state index is -1.19. The van der Waals surface area contributed by atoms with Crippen LogP contribution < -0.4 is 16.4 Å². The summed E-state index contributed by atoms with van der Waals surface area (Å²) in [5, 5.41) is 23.8. The minimum absolute atomic E-state index is 0.0514. The lowest BCUT2D eigenvalue weighted by atomic mass is 9.97. The summed E-state index contributed by atoms with van der Waals surface area (Å²) in [4.78, 5) is 36.0. The molecule has 0 fully saturated rings. The zero-order valence-electron chi connectivity index (χ0n) is 15.2. The summed E-state index contributed by atoms with van der Waals surface area (Å²) in [5.41, 5.74) is 6.18. The maximum Gasteiger partial charge on any atom is 0.326 e. The van der Waals surface area contributed by atoms with Crippen molar-refractivity contribution in [2.45, 2.75) is 51.7 Å². The molecule has 1 aromatic carbocycles. The lowest BCUT2D eigenvalue weighted by Gasteiger charge is -2.26. The Morgan fingerprint density at radius 2 is 1.65 bits per heavy atom. The summed E-state index contributed by atoms with van der Waals surface area (Å²) in [7, 11) is 0. The quantitative estimate of drug-likeness (QED) is 0.428. The molecule has 6 N–H and O–H groups in total. The van der Waals surface area contributed by atoms with Crippen LogP contribution in [-0.2, 0) is 20.8 Å². The summed E-state index contributed by atoms with van der Waals surface area (Å²) >= 11 is 0. The molecule has 4 atom stereocenters. The molecule has 1 rings (SSSR count). The normalized spacial score (nSPS) is 15.4. The summed E-state index contributed by atoms with van der Waals surface area (Å²) in [6.07, 6.45) is 0.669. The van der Waals surface area contributed by atoms with E-state index < -0.39 is 35.9 Å². The van der Waals surface area contributed by atoms with Crippen LogP contribution in [0.1, 0.15) is 32.8 Å². The van der Waals surface area contributed by atoms with Crippen molar-refractivity contribution in [1.29, 1.82) is 0 Å². The Labute approximate surface area is 152 Å². The highest BCUT2D eigenvalue weighted by Gasteiger charge is 2.30. The van der Waals surface area contributed by atoms with Crippen molar-refractivity contribution < 1.29 is 24.6 Å². The fourth-order valence-electron chi connectivity index (χ4n) is 2.32. The summed E-state index contributed by atoms with van der Waals surface area (Å²) in [5.74, 6) is -2.36. The average molecular weight is 365 g/mol. The second-order valence-corrected chi connectivity index (χ2v) is 6.43. The first-order valence-electron chi connectivity index (χ1n) is 8.52. The molecule has 0 saturated carbocycles. The van der Waals surface area contributed by atoms with Gasteiger partial charge < -0.3 is 26.6 Å². The monoisotopic (exact) mass is 365 g/mol. The number of carboxylic acid groups (broad SMARTS) is 1. The standard InChI is InChI=1S/C18H27N3O5/c1-4-10(2)15(21-16(23)11(3)19)17(24)20-14(18(25)26)9-12-5-7-13(22)8-6-12/h5-8,10-11,14-15,22H,4,9,19H2,1-3H3,(H,20,24)(H,21,23)(H,25,26)/t10-,11-,14-,15-/m0/s1. The van der Waals surface area contributed by atoms with Gasteiger partial charge in [-0.3, -0.25) is 9.59 Å². The lowest BCUT2D eigenvalue weighted by molar-refractivity contribution is -0.142. The third-order valence-corrected chi connectivity index (χ3v) is 4.20. The van der Waals surface area contributed by atoms with Gasteiger partial charge in [0, 0.05) is 6.42 Å². The molecule has 26 heavy (non-hydrogen) atoms. The van der Waals surface area contributed by atoms with Gasteiger partial charge in [-0.1, -0.05) is 32.4 Å². The van der Waals surface area contributed by atoms with E-state index >= 15 is 0 Å².